The number of carbonyl (C=O) groups excluding carboxylic acids is 2. The van der Waals surface area contributed by atoms with Gasteiger partial charge in [0.25, 0.3) is 5.91 Å². The molecule has 1 fully saturated rings. The monoisotopic (exact) mass is 417 g/mol. The van der Waals surface area contributed by atoms with Crippen molar-refractivity contribution in [1.82, 2.24) is 25.3 Å². The minimum absolute atomic E-state index is 0.0851. The van der Waals surface area contributed by atoms with E-state index in [1.807, 2.05) is 30.5 Å². The van der Waals surface area contributed by atoms with E-state index in [-0.39, 0.29) is 18.3 Å². The molecule has 1 saturated heterocycles. The molecule has 3 heterocycles. The van der Waals surface area contributed by atoms with Crippen LogP contribution in [0.3, 0.4) is 0 Å². The number of benzene rings is 2. The largest absolute Gasteiger partial charge is 0.497 e. The Morgan fingerprint density at radius 3 is 2.74 bits per heavy atom. The van der Waals surface area contributed by atoms with Crippen molar-refractivity contribution in [3.63, 3.8) is 0 Å². The summed E-state index contributed by atoms with van der Waals surface area (Å²) in [6.07, 6.45) is 2.26. The van der Waals surface area contributed by atoms with Gasteiger partial charge in [0.1, 0.15) is 18.3 Å². The molecular formula is C22H19N5O4. The van der Waals surface area contributed by atoms with E-state index in [0.29, 0.717) is 18.0 Å². The van der Waals surface area contributed by atoms with E-state index >= 15 is 0 Å². The van der Waals surface area contributed by atoms with Gasteiger partial charge in [0.2, 0.25) is 11.7 Å². The number of H-pyrrole nitrogens is 1. The van der Waals surface area contributed by atoms with Gasteiger partial charge in [0, 0.05) is 29.1 Å². The van der Waals surface area contributed by atoms with Gasteiger partial charge >= 0.3 is 6.03 Å². The number of rotatable bonds is 6. The summed E-state index contributed by atoms with van der Waals surface area (Å²) in [5, 5.41) is 7.73. The predicted octanol–water partition coefficient (Wildman–Crippen LogP) is 2.89. The molecule has 2 aromatic carbocycles. The molecule has 0 bridgehead atoms. The number of urea groups is 1. The van der Waals surface area contributed by atoms with Crippen LogP contribution in [0.5, 0.6) is 5.75 Å². The first-order chi connectivity index (χ1) is 15.1. The first-order valence-electron chi connectivity index (χ1n) is 9.76. The highest BCUT2D eigenvalue weighted by atomic mass is 16.5. The number of imide groups is 1. The molecule has 0 saturated carbocycles. The molecular weight excluding hydrogens is 398 g/mol. The molecule has 2 N–H and O–H groups in total. The zero-order valence-electron chi connectivity index (χ0n) is 16.7. The minimum atomic E-state index is -0.643. The van der Waals surface area contributed by atoms with Crippen molar-refractivity contribution < 1.29 is 18.8 Å². The van der Waals surface area contributed by atoms with Gasteiger partial charge in [-0.2, -0.15) is 4.98 Å². The second-order valence-corrected chi connectivity index (χ2v) is 7.23. The second kappa shape index (κ2) is 7.60. The van der Waals surface area contributed by atoms with Crippen LogP contribution >= 0.6 is 0 Å². The van der Waals surface area contributed by atoms with E-state index in [1.165, 1.54) is 0 Å². The number of aromatic nitrogens is 3. The fourth-order valence-corrected chi connectivity index (χ4v) is 3.70. The summed E-state index contributed by atoms with van der Waals surface area (Å²) in [5.74, 6) is 0.953. The van der Waals surface area contributed by atoms with E-state index in [9.17, 15) is 9.59 Å². The lowest BCUT2D eigenvalue weighted by molar-refractivity contribution is -0.128. The van der Waals surface area contributed by atoms with Crippen LogP contribution in [0.15, 0.2) is 59.3 Å². The zero-order valence-corrected chi connectivity index (χ0v) is 16.7. The third kappa shape index (κ3) is 3.50. The standard InChI is InChI=1S/C22H19N5O4/c1-30-15-8-6-13(7-9-15)20-25-19(31-26-20)12-27-21(28)18(24-22(27)29)10-14-11-23-17-5-3-2-4-16(14)17/h2-9,11,18,23H,10,12H2,1H3,(H,24,29)/t18-/m1/s1. The van der Waals surface area contributed by atoms with Gasteiger partial charge in [-0.05, 0) is 35.9 Å². The van der Waals surface area contributed by atoms with Gasteiger partial charge < -0.3 is 19.6 Å². The van der Waals surface area contributed by atoms with Crippen molar-refractivity contribution in [3.8, 4) is 17.1 Å². The summed E-state index contributed by atoms with van der Waals surface area (Å²) < 4.78 is 10.4. The number of amides is 3. The van der Waals surface area contributed by atoms with Crippen LogP contribution in [0.4, 0.5) is 4.79 Å². The lowest BCUT2D eigenvalue weighted by Gasteiger charge is -2.10. The molecule has 156 valence electrons. The Balaban J connectivity index is 1.29. The van der Waals surface area contributed by atoms with Crippen LogP contribution in [0.1, 0.15) is 11.5 Å². The molecule has 0 unspecified atom stereocenters. The first kappa shape index (κ1) is 18.9. The average Bonchev–Trinajstić information content (AvgIpc) is 3.50. The quantitative estimate of drug-likeness (QED) is 0.467. The van der Waals surface area contributed by atoms with Crippen molar-refractivity contribution in [2.45, 2.75) is 19.0 Å². The third-order valence-corrected chi connectivity index (χ3v) is 5.32. The Morgan fingerprint density at radius 2 is 1.94 bits per heavy atom. The van der Waals surface area contributed by atoms with Crippen molar-refractivity contribution in [2.75, 3.05) is 7.11 Å². The van der Waals surface area contributed by atoms with E-state index in [0.717, 1.165) is 26.9 Å². The highest BCUT2D eigenvalue weighted by molar-refractivity contribution is 6.04. The summed E-state index contributed by atoms with van der Waals surface area (Å²) in [4.78, 5) is 33.9. The van der Waals surface area contributed by atoms with E-state index in [4.69, 9.17) is 9.26 Å². The Kier molecular flexibility index (Phi) is 4.62. The Bertz CT molecular complexity index is 1260. The highest BCUT2D eigenvalue weighted by Crippen LogP contribution is 2.23. The van der Waals surface area contributed by atoms with Gasteiger partial charge in [0.15, 0.2) is 0 Å². The van der Waals surface area contributed by atoms with Gasteiger partial charge in [-0.15, -0.1) is 0 Å². The number of para-hydroxylation sites is 1. The number of nitrogens with zero attached hydrogens (tertiary/aromatic N) is 3. The molecule has 31 heavy (non-hydrogen) atoms. The Morgan fingerprint density at radius 1 is 1.13 bits per heavy atom. The van der Waals surface area contributed by atoms with E-state index in [2.05, 4.69) is 20.4 Å². The molecule has 5 rings (SSSR count). The molecule has 0 radical (unpaired) electrons. The molecule has 9 nitrogen and oxygen atoms in total. The number of carbonyl (C=O) groups is 2. The second-order valence-electron chi connectivity index (χ2n) is 7.23. The van der Waals surface area contributed by atoms with Crippen LogP contribution in [0, 0.1) is 0 Å². The van der Waals surface area contributed by atoms with Crippen LogP contribution < -0.4 is 10.1 Å². The van der Waals surface area contributed by atoms with Gasteiger partial charge in [-0.25, -0.2) is 4.79 Å². The summed E-state index contributed by atoms with van der Waals surface area (Å²) in [6.45, 7) is -0.0851. The van der Waals surface area contributed by atoms with E-state index in [1.54, 1.807) is 31.4 Å². The maximum absolute atomic E-state index is 12.9. The van der Waals surface area contributed by atoms with Gasteiger partial charge in [0.05, 0.1) is 7.11 Å². The van der Waals surface area contributed by atoms with Crippen LogP contribution in [0.25, 0.3) is 22.3 Å². The van der Waals surface area contributed by atoms with Crippen LogP contribution in [-0.4, -0.2) is 45.1 Å². The van der Waals surface area contributed by atoms with Crippen LogP contribution in [-0.2, 0) is 17.8 Å². The van der Waals surface area contributed by atoms with Crippen molar-refractivity contribution >= 4 is 22.8 Å². The SMILES string of the molecule is COc1ccc(-c2noc(CN3C(=O)N[C@H](Cc4c[nH]c5ccccc45)C3=O)n2)cc1. The smallest absolute Gasteiger partial charge is 0.325 e. The van der Waals surface area contributed by atoms with Crippen molar-refractivity contribution in [2.24, 2.45) is 0 Å². The zero-order chi connectivity index (χ0) is 21.4. The summed E-state index contributed by atoms with van der Waals surface area (Å²) in [5.41, 5.74) is 2.70. The molecule has 1 atom stereocenters. The summed E-state index contributed by atoms with van der Waals surface area (Å²) in [6, 6.07) is 13.9. The number of methoxy groups -OCH3 is 1. The normalized spacial score (nSPS) is 16.2. The molecule has 1 aliphatic rings. The highest BCUT2D eigenvalue weighted by Gasteiger charge is 2.39. The van der Waals surface area contributed by atoms with E-state index < -0.39 is 12.1 Å². The van der Waals surface area contributed by atoms with Crippen LogP contribution in [0.2, 0.25) is 0 Å². The number of nitrogens with one attached hydrogen (secondary N) is 2. The van der Waals surface area contributed by atoms with Gasteiger partial charge in [-0.3, -0.25) is 9.69 Å². The average molecular weight is 417 g/mol. The molecule has 0 aliphatic carbocycles. The number of hydrogen-bond donors (Lipinski definition) is 2. The molecule has 3 amide bonds. The number of hydrogen-bond acceptors (Lipinski definition) is 6. The number of ether oxygens (including phenoxy) is 1. The topological polar surface area (TPSA) is 113 Å². The first-order valence-corrected chi connectivity index (χ1v) is 9.76. The number of fused-ring (bicyclic) bond motifs is 1. The Labute approximate surface area is 177 Å². The summed E-state index contributed by atoms with van der Waals surface area (Å²) in [7, 11) is 1.59. The predicted molar refractivity (Wildman–Crippen MR) is 111 cm³/mol. The minimum Gasteiger partial charge on any atom is -0.497 e. The molecule has 4 aromatic rings. The Hall–Kier alpha value is -4.14. The van der Waals surface area contributed by atoms with Crippen molar-refractivity contribution in [3.05, 3.63) is 66.2 Å². The molecule has 0 spiro atoms. The lowest BCUT2D eigenvalue weighted by atomic mass is 10.1. The molecule has 2 aromatic heterocycles. The maximum Gasteiger partial charge on any atom is 0.325 e. The summed E-state index contributed by atoms with van der Waals surface area (Å²) >= 11 is 0. The fraction of sp³-hybridized carbons (Fsp3) is 0.182. The fourth-order valence-electron chi connectivity index (χ4n) is 3.70. The van der Waals surface area contributed by atoms with Crippen molar-refractivity contribution in [1.29, 1.82) is 0 Å². The molecule has 9 heteroatoms. The molecule has 1 aliphatic heterocycles. The number of aromatic amines is 1. The maximum atomic E-state index is 12.9. The lowest BCUT2D eigenvalue weighted by Crippen LogP contribution is -2.32. The van der Waals surface area contributed by atoms with Gasteiger partial charge in [-0.1, -0.05) is 23.4 Å². The third-order valence-electron chi connectivity index (χ3n) is 5.32.